The van der Waals surface area contributed by atoms with E-state index in [1.807, 2.05) is 25.1 Å². The first-order valence-electron chi connectivity index (χ1n) is 6.96. The molecule has 0 N–H and O–H groups in total. The fraction of sp³-hybridized carbons (Fsp3) is 0.375. The van der Waals surface area contributed by atoms with Crippen LogP contribution in [0.15, 0.2) is 28.7 Å². The van der Waals surface area contributed by atoms with E-state index in [1.165, 1.54) is 7.11 Å². The molecule has 1 fully saturated rings. The Morgan fingerprint density at radius 1 is 1.33 bits per heavy atom. The van der Waals surface area contributed by atoms with Gasteiger partial charge in [0.25, 0.3) is 5.91 Å². The van der Waals surface area contributed by atoms with Gasteiger partial charge in [0.2, 0.25) is 0 Å². The number of fused-ring (bicyclic) bond motifs is 1. The van der Waals surface area contributed by atoms with Crippen molar-refractivity contribution in [2.45, 2.75) is 13.3 Å². The number of methoxy groups -OCH3 is 1. The average Bonchev–Trinajstić information content (AvgIpc) is 3.11. The summed E-state index contributed by atoms with van der Waals surface area (Å²) in [6, 6.07) is 7.55. The van der Waals surface area contributed by atoms with Crippen LogP contribution in [0.25, 0.3) is 11.0 Å². The van der Waals surface area contributed by atoms with Gasteiger partial charge in [-0.15, -0.1) is 0 Å². The van der Waals surface area contributed by atoms with Crippen molar-refractivity contribution in [2.75, 3.05) is 20.2 Å². The summed E-state index contributed by atoms with van der Waals surface area (Å²) in [5, 5.41) is 0.919. The Labute approximate surface area is 122 Å². The molecule has 1 aromatic carbocycles. The number of likely N-dealkylation sites (tertiary alicyclic amines) is 1. The number of amides is 1. The van der Waals surface area contributed by atoms with Gasteiger partial charge in [-0.25, -0.2) is 0 Å². The van der Waals surface area contributed by atoms with Gasteiger partial charge in [-0.05, 0) is 31.5 Å². The number of carbonyl (C=O) groups excluding carboxylic acids is 2. The van der Waals surface area contributed by atoms with Gasteiger partial charge in [-0.1, -0.05) is 11.6 Å². The van der Waals surface area contributed by atoms with Crippen molar-refractivity contribution < 1.29 is 18.7 Å². The summed E-state index contributed by atoms with van der Waals surface area (Å²) in [6.45, 7) is 2.94. The Morgan fingerprint density at radius 3 is 2.90 bits per heavy atom. The number of hydrogen-bond acceptors (Lipinski definition) is 4. The molecule has 1 unspecified atom stereocenters. The first-order chi connectivity index (χ1) is 10.1. The number of ether oxygens (including phenoxy) is 1. The summed E-state index contributed by atoms with van der Waals surface area (Å²) in [5.41, 5.74) is 1.82. The number of aryl methyl sites for hydroxylation is 1. The third-order valence-electron chi connectivity index (χ3n) is 3.89. The molecule has 1 aliphatic rings. The molecule has 0 bridgehead atoms. The van der Waals surface area contributed by atoms with Crippen molar-refractivity contribution in [1.82, 2.24) is 4.90 Å². The molecule has 5 heteroatoms. The molecule has 110 valence electrons. The van der Waals surface area contributed by atoms with Crippen molar-refractivity contribution in [2.24, 2.45) is 5.92 Å². The monoisotopic (exact) mass is 287 g/mol. The fourth-order valence-electron chi connectivity index (χ4n) is 2.73. The number of benzene rings is 1. The highest BCUT2D eigenvalue weighted by Gasteiger charge is 2.33. The Bertz CT molecular complexity index is 703. The lowest BCUT2D eigenvalue weighted by Gasteiger charge is -2.14. The minimum absolute atomic E-state index is 0.171. The zero-order valence-corrected chi connectivity index (χ0v) is 12.1. The fourth-order valence-corrected chi connectivity index (χ4v) is 2.73. The van der Waals surface area contributed by atoms with Crippen molar-refractivity contribution in [3.63, 3.8) is 0 Å². The Morgan fingerprint density at radius 2 is 2.14 bits per heavy atom. The van der Waals surface area contributed by atoms with E-state index in [9.17, 15) is 9.59 Å². The summed E-state index contributed by atoms with van der Waals surface area (Å²) >= 11 is 0. The highest BCUT2D eigenvalue weighted by Crippen LogP contribution is 2.24. The van der Waals surface area contributed by atoms with Crippen molar-refractivity contribution in [3.8, 4) is 0 Å². The van der Waals surface area contributed by atoms with E-state index in [0.717, 1.165) is 10.9 Å². The molecule has 0 radical (unpaired) electrons. The van der Waals surface area contributed by atoms with Gasteiger partial charge in [0.05, 0.1) is 13.0 Å². The predicted molar refractivity (Wildman–Crippen MR) is 77.0 cm³/mol. The van der Waals surface area contributed by atoms with Crippen LogP contribution in [-0.2, 0) is 9.53 Å². The lowest BCUT2D eigenvalue weighted by atomic mass is 10.1. The summed E-state index contributed by atoms with van der Waals surface area (Å²) in [7, 11) is 1.37. The van der Waals surface area contributed by atoms with Crippen molar-refractivity contribution >= 4 is 22.8 Å². The van der Waals surface area contributed by atoms with Crippen LogP contribution in [0.4, 0.5) is 0 Å². The molecule has 1 atom stereocenters. The van der Waals surface area contributed by atoms with Crippen molar-refractivity contribution in [3.05, 3.63) is 35.6 Å². The van der Waals surface area contributed by atoms with E-state index in [4.69, 9.17) is 9.15 Å². The molecule has 1 saturated heterocycles. The maximum atomic E-state index is 12.4. The topological polar surface area (TPSA) is 59.8 Å². The second kappa shape index (κ2) is 5.24. The van der Waals surface area contributed by atoms with E-state index in [0.29, 0.717) is 30.9 Å². The van der Waals surface area contributed by atoms with Gasteiger partial charge in [0.1, 0.15) is 5.58 Å². The number of hydrogen-bond donors (Lipinski definition) is 0. The van der Waals surface area contributed by atoms with Gasteiger partial charge in [-0.2, -0.15) is 0 Å². The van der Waals surface area contributed by atoms with Gasteiger partial charge in [0.15, 0.2) is 5.76 Å². The maximum absolute atomic E-state index is 12.4. The van der Waals surface area contributed by atoms with E-state index in [1.54, 1.807) is 11.0 Å². The highest BCUT2D eigenvalue weighted by atomic mass is 16.5. The minimum atomic E-state index is -0.259. The maximum Gasteiger partial charge on any atom is 0.310 e. The number of rotatable bonds is 2. The lowest BCUT2D eigenvalue weighted by Crippen LogP contribution is -2.29. The number of esters is 1. The van der Waals surface area contributed by atoms with Crippen LogP contribution >= 0.6 is 0 Å². The molecule has 2 aromatic rings. The molecular weight excluding hydrogens is 270 g/mol. The molecule has 1 aliphatic heterocycles. The van der Waals surface area contributed by atoms with Crippen molar-refractivity contribution in [1.29, 1.82) is 0 Å². The SMILES string of the molecule is COC(=O)C1CCN(C(=O)c2cc3cc(C)ccc3o2)C1. The summed E-state index contributed by atoms with van der Waals surface area (Å²) in [5.74, 6) is -0.340. The quantitative estimate of drug-likeness (QED) is 0.796. The zero-order valence-electron chi connectivity index (χ0n) is 12.1. The van der Waals surface area contributed by atoms with E-state index < -0.39 is 0 Å². The van der Waals surface area contributed by atoms with Crippen LogP contribution < -0.4 is 0 Å². The first kappa shape index (κ1) is 13.7. The lowest BCUT2D eigenvalue weighted by molar-refractivity contribution is -0.144. The number of carbonyl (C=O) groups is 2. The standard InChI is InChI=1S/C16H17NO4/c1-10-3-4-13-12(7-10)8-14(21-13)15(18)17-6-5-11(9-17)16(19)20-2/h3-4,7-8,11H,5-6,9H2,1-2H3. The minimum Gasteiger partial charge on any atom is -0.469 e. The molecule has 1 amide bonds. The molecule has 1 aromatic heterocycles. The Kier molecular flexibility index (Phi) is 3.41. The molecule has 3 rings (SSSR count). The Balaban J connectivity index is 1.79. The van der Waals surface area contributed by atoms with E-state index in [2.05, 4.69) is 0 Å². The van der Waals surface area contributed by atoms with Gasteiger partial charge < -0.3 is 14.1 Å². The predicted octanol–water partition coefficient (Wildman–Crippen LogP) is 2.38. The van der Waals surface area contributed by atoms with Crippen LogP contribution in [-0.4, -0.2) is 37.0 Å². The largest absolute Gasteiger partial charge is 0.469 e. The van der Waals surface area contributed by atoms with Gasteiger partial charge in [-0.3, -0.25) is 9.59 Å². The van der Waals surface area contributed by atoms with Gasteiger partial charge in [0, 0.05) is 18.5 Å². The molecule has 5 nitrogen and oxygen atoms in total. The summed E-state index contributed by atoms with van der Waals surface area (Å²) in [4.78, 5) is 25.6. The molecular formula is C16H17NO4. The molecule has 2 heterocycles. The van der Waals surface area contributed by atoms with Crippen LogP contribution in [0.3, 0.4) is 0 Å². The third-order valence-corrected chi connectivity index (χ3v) is 3.89. The van der Waals surface area contributed by atoms with Crippen LogP contribution in [0.5, 0.6) is 0 Å². The smallest absolute Gasteiger partial charge is 0.310 e. The second-order valence-corrected chi connectivity index (χ2v) is 5.41. The zero-order chi connectivity index (χ0) is 15.0. The van der Waals surface area contributed by atoms with Gasteiger partial charge >= 0.3 is 5.97 Å². The summed E-state index contributed by atoms with van der Waals surface area (Å²) in [6.07, 6.45) is 0.637. The second-order valence-electron chi connectivity index (χ2n) is 5.41. The molecule has 0 aliphatic carbocycles. The first-order valence-corrected chi connectivity index (χ1v) is 6.96. The molecule has 21 heavy (non-hydrogen) atoms. The van der Waals surface area contributed by atoms with E-state index >= 15 is 0 Å². The summed E-state index contributed by atoms with van der Waals surface area (Å²) < 4.78 is 10.3. The highest BCUT2D eigenvalue weighted by molar-refractivity contribution is 5.96. The molecule has 0 saturated carbocycles. The number of nitrogens with zero attached hydrogens (tertiary/aromatic N) is 1. The third kappa shape index (κ3) is 2.51. The Hall–Kier alpha value is -2.30. The molecule has 0 spiro atoms. The number of furan rings is 1. The van der Waals surface area contributed by atoms with E-state index in [-0.39, 0.29) is 17.8 Å². The van der Waals surface area contributed by atoms with Crippen LogP contribution in [0.2, 0.25) is 0 Å². The normalized spacial score (nSPS) is 18.2. The van der Waals surface area contributed by atoms with Crippen LogP contribution in [0, 0.1) is 12.8 Å². The average molecular weight is 287 g/mol. The van der Waals surface area contributed by atoms with Crippen LogP contribution in [0.1, 0.15) is 22.5 Å².